The maximum Gasteiger partial charge on any atom is 0.0953 e. The maximum atomic E-state index is 9.15. The molecular weight excluding hydrogens is 184 g/mol. The summed E-state index contributed by atoms with van der Waals surface area (Å²) in [6.07, 6.45) is 2.26. The second kappa shape index (κ2) is 4.69. The predicted molar refractivity (Wildman–Crippen MR) is 54.9 cm³/mol. The summed E-state index contributed by atoms with van der Waals surface area (Å²) in [5.41, 5.74) is 0. The average molecular weight is 200 g/mol. The molecule has 0 fully saturated rings. The molecule has 0 spiro atoms. The first-order valence-electron chi connectivity index (χ1n) is 4.34. The van der Waals surface area contributed by atoms with Crippen molar-refractivity contribution in [1.29, 1.82) is 0 Å². The van der Waals surface area contributed by atoms with Crippen molar-refractivity contribution in [1.82, 2.24) is 9.88 Å². The van der Waals surface area contributed by atoms with Gasteiger partial charge in [-0.05, 0) is 21.0 Å². The monoisotopic (exact) mass is 200 g/mol. The van der Waals surface area contributed by atoms with Gasteiger partial charge in [0, 0.05) is 24.0 Å². The molecule has 0 aromatic carbocycles. The number of rotatable bonds is 4. The van der Waals surface area contributed by atoms with Gasteiger partial charge in [-0.3, -0.25) is 0 Å². The van der Waals surface area contributed by atoms with Gasteiger partial charge in [-0.2, -0.15) is 0 Å². The van der Waals surface area contributed by atoms with Crippen LogP contribution in [0.1, 0.15) is 16.8 Å². The van der Waals surface area contributed by atoms with Crippen LogP contribution in [0.4, 0.5) is 0 Å². The minimum Gasteiger partial charge on any atom is -0.393 e. The highest BCUT2D eigenvalue weighted by Gasteiger charge is 2.05. The van der Waals surface area contributed by atoms with E-state index < -0.39 is 0 Å². The van der Waals surface area contributed by atoms with Crippen LogP contribution < -0.4 is 0 Å². The highest BCUT2D eigenvalue weighted by molar-refractivity contribution is 7.11. The van der Waals surface area contributed by atoms with Gasteiger partial charge in [0.25, 0.3) is 0 Å². The van der Waals surface area contributed by atoms with Crippen LogP contribution in [0.25, 0.3) is 0 Å². The zero-order valence-electron chi connectivity index (χ0n) is 8.32. The molecule has 74 valence electrons. The third-order valence-electron chi connectivity index (χ3n) is 1.54. The molecule has 3 nitrogen and oxygen atoms in total. The highest BCUT2D eigenvalue weighted by Crippen LogP contribution is 2.15. The SMILES string of the molecule is C[C@@H](O)Cc1ncc(CN(C)C)s1. The van der Waals surface area contributed by atoms with Crippen molar-refractivity contribution in [3.05, 3.63) is 16.1 Å². The maximum absolute atomic E-state index is 9.15. The van der Waals surface area contributed by atoms with Crippen molar-refractivity contribution < 1.29 is 5.11 Å². The van der Waals surface area contributed by atoms with Crippen LogP contribution in [0.3, 0.4) is 0 Å². The van der Waals surface area contributed by atoms with Crippen molar-refractivity contribution in [3.8, 4) is 0 Å². The largest absolute Gasteiger partial charge is 0.393 e. The zero-order valence-corrected chi connectivity index (χ0v) is 9.14. The van der Waals surface area contributed by atoms with Crippen LogP contribution in [0.2, 0.25) is 0 Å². The molecule has 1 N–H and O–H groups in total. The van der Waals surface area contributed by atoms with Crippen LogP contribution >= 0.6 is 11.3 Å². The molecule has 1 atom stereocenters. The molecule has 0 saturated carbocycles. The van der Waals surface area contributed by atoms with E-state index in [0.717, 1.165) is 11.6 Å². The molecular formula is C9H16N2OS. The minimum absolute atomic E-state index is 0.293. The van der Waals surface area contributed by atoms with E-state index in [1.54, 1.807) is 18.3 Å². The van der Waals surface area contributed by atoms with Crippen LogP contribution in [0.5, 0.6) is 0 Å². The predicted octanol–water partition coefficient (Wildman–Crippen LogP) is 1.13. The number of aliphatic hydroxyl groups excluding tert-OH is 1. The summed E-state index contributed by atoms with van der Waals surface area (Å²) in [7, 11) is 4.07. The fourth-order valence-corrected chi connectivity index (χ4v) is 2.24. The van der Waals surface area contributed by atoms with Gasteiger partial charge in [0.05, 0.1) is 11.1 Å². The summed E-state index contributed by atoms with van der Waals surface area (Å²) in [5, 5.41) is 10.2. The number of aliphatic hydroxyl groups is 1. The van der Waals surface area contributed by atoms with Crippen molar-refractivity contribution in [2.75, 3.05) is 14.1 Å². The Bertz CT molecular complexity index is 233. The van der Waals surface area contributed by atoms with Gasteiger partial charge in [-0.15, -0.1) is 11.3 Å². The Morgan fingerprint density at radius 2 is 2.31 bits per heavy atom. The molecule has 1 aromatic rings. The Kier molecular flexibility index (Phi) is 3.84. The summed E-state index contributed by atoms with van der Waals surface area (Å²) < 4.78 is 0. The molecule has 0 bridgehead atoms. The Morgan fingerprint density at radius 1 is 1.62 bits per heavy atom. The van der Waals surface area contributed by atoms with Crippen molar-refractivity contribution >= 4 is 11.3 Å². The standard InChI is InChI=1S/C9H16N2OS/c1-7(12)4-9-10-5-8(13-9)6-11(2)3/h5,7,12H,4,6H2,1-3H3/t7-/m1/s1. The second-order valence-corrected chi connectivity index (χ2v) is 4.71. The Morgan fingerprint density at radius 3 is 2.85 bits per heavy atom. The summed E-state index contributed by atoms with van der Waals surface area (Å²) in [6.45, 7) is 2.71. The number of aromatic nitrogens is 1. The Balaban J connectivity index is 2.53. The number of hydrogen-bond donors (Lipinski definition) is 1. The summed E-state index contributed by atoms with van der Waals surface area (Å²) in [6, 6.07) is 0. The fourth-order valence-electron chi connectivity index (χ4n) is 1.08. The lowest BCUT2D eigenvalue weighted by Gasteiger charge is -2.05. The molecule has 0 radical (unpaired) electrons. The number of hydrogen-bond acceptors (Lipinski definition) is 4. The first-order chi connectivity index (χ1) is 6.08. The molecule has 0 amide bonds. The summed E-state index contributed by atoms with van der Waals surface area (Å²) >= 11 is 1.68. The minimum atomic E-state index is -0.293. The van der Waals surface area contributed by atoms with E-state index in [-0.39, 0.29) is 6.10 Å². The highest BCUT2D eigenvalue weighted by atomic mass is 32.1. The average Bonchev–Trinajstić information content (AvgIpc) is 2.33. The smallest absolute Gasteiger partial charge is 0.0953 e. The molecule has 0 aliphatic rings. The third kappa shape index (κ3) is 3.85. The van der Waals surface area contributed by atoms with E-state index in [4.69, 9.17) is 5.11 Å². The van der Waals surface area contributed by atoms with Crippen molar-refractivity contribution in [2.45, 2.75) is 26.0 Å². The second-order valence-electron chi connectivity index (χ2n) is 3.51. The van der Waals surface area contributed by atoms with Crippen LogP contribution in [-0.2, 0) is 13.0 Å². The third-order valence-corrected chi connectivity index (χ3v) is 2.55. The van der Waals surface area contributed by atoms with Gasteiger partial charge in [-0.25, -0.2) is 4.98 Å². The van der Waals surface area contributed by atoms with Crippen LogP contribution in [0, 0.1) is 0 Å². The molecule has 1 heterocycles. The molecule has 0 aliphatic carbocycles. The van der Waals surface area contributed by atoms with E-state index in [2.05, 4.69) is 9.88 Å². The molecule has 1 rings (SSSR count). The van der Waals surface area contributed by atoms with Gasteiger partial charge >= 0.3 is 0 Å². The fraction of sp³-hybridized carbons (Fsp3) is 0.667. The molecule has 0 saturated heterocycles. The van der Waals surface area contributed by atoms with E-state index in [0.29, 0.717) is 6.42 Å². The normalized spacial score (nSPS) is 13.6. The Labute approximate surface area is 83.0 Å². The first kappa shape index (κ1) is 10.6. The summed E-state index contributed by atoms with van der Waals surface area (Å²) in [5.74, 6) is 0. The lowest BCUT2D eigenvalue weighted by atomic mass is 10.3. The van der Waals surface area contributed by atoms with Crippen LogP contribution in [0.15, 0.2) is 6.20 Å². The van der Waals surface area contributed by atoms with E-state index >= 15 is 0 Å². The van der Waals surface area contributed by atoms with E-state index in [9.17, 15) is 0 Å². The number of nitrogens with zero attached hydrogens (tertiary/aromatic N) is 2. The molecule has 0 unspecified atom stereocenters. The first-order valence-corrected chi connectivity index (χ1v) is 5.16. The molecule has 13 heavy (non-hydrogen) atoms. The quantitative estimate of drug-likeness (QED) is 0.791. The van der Waals surface area contributed by atoms with Crippen molar-refractivity contribution in [2.24, 2.45) is 0 Å². The van der Waals surface area contributed by atoms with Gasteiger partial charge < -0.3 is 10.0 Å². The van der Waals surface area contributed by atoms with Gasteiger partial charge in [0.15, 0.2) is 0 Å². The lowest BCUT2D eigenvalue weighted by molar-refractivity contribution is 0.195. The molecule has 4 heteroatoms. The van der Waals surface area contributed by atoms with Gasteiger partial charge in [0.1, 0.15) is 0 Å². The van der Waals surface area contributed by atoms with Crippen molar-refractivity contribution in [3.63, 3.8) is 0 Å². The number of thiazole rings is 1. The van der Waals surface area contributed by atoms with Gasteiger partial charge in [-0.1, -0.05) is 0 Å². The Hall–Kier alpha value is -0.450. The zero-order chi connectivity index (χ0) is 9.84. The topological polar surface area (TPSA) is 36.4 Å². The molecule has 1 aromatic heterocycles. The van der Waals surface area contributed by atoms with Gasteiger partial charge in [0.2, 0.25) is 0 Å². The van der Waals surface area contributed by atoms with Crippen LogP contribution in [-0.4, -0.2) is 35.2 Å². The lowest BCUT2D eigenvalue weighted by Crippen LogP contribution is -2.09. The molecule has 0 aliphatic heterocycles. The van der Waals surface area contributed by atoms with E-state index in [1.807, 2.05) is 20.3 Å². The summed E-state index contributed by atoms with van der Waals surface area (Å²) in [4.78, 5) is 7.60. The van der Waals surface area contributed by atoms with E-state index in [1.165, 1.54) is 4.88 Å².